The molecule has 27 heavy (non-hydrogen) atoms. The molecule has 0 aliphatic rings. The predicted molar refractivity (Wildman–Crippen MR) is 103 cm³/mol. The minimum atomic E-state index is 0.663. The predicted octanol–water partition coefficient (Wildman–Crippen LogP) is 3.43. The van der Waals surface area contributed by atoms with E-state index in [2.05, 4.69) is 22.1 Å². The molecule has 0 aliphatic heterocycles. The van der Waals surface area contributed by atoms with Crippen LogP contribution in [0.5, 0.6) is 0 Å². The van der Waals surface area contributed by atoms with Crippen molar-refractivity contribution in [3.05, 3.63) is 114 Å². The zero-order valence-corrected chi connectivity index (χ0v) is 14.9. The van der Waals surface area contributed by atoms with Crippen molar-refractivity contribution >= 4 is 0 Å². The van der Waals surface area contributed by atoms with Crippen LogP contribution < -0.4 is 0 Å². The van der Waals surface area contributed by atoms with Gasteiger partial charge in [0.2, 0.25) is 0 Å². The van der Waals surface area contributed by atoms with E-state index < -0.39 is 0 Å². The van der Waals surface area contributed by atoms with Crippen LogP contribution in [0, 0.1) is 0 Å². The van der Waals surface area contributed by atoms with Crippen LogP contribution in [0.25, 0.3) is 0 Å². The highest BCUT2D eigenvalue weighted by Crippen LogP contribution is 2.11. The molecule has 0 saturated carbocycles. The van der Waals surface area contributed by atoms with Crippen LogP contribution in [-0.2, 0) is 19.3 Å². The number of benzene rings is 1. The fourth-order valence-electron chi connectivity index (χ4n) is 2.90. The third-order valence-electron chi connectivity index (χ3n) is 4.20. The van der Waals surface area contributed by atoms with E-state index in [1.165, 1.54) is 5.56 Å². The molecular weight excluding hydrogens is 334 g/mol. The third-order valence-corrected chi connectivity index (χ3v) is 4.20. The SMILES string of the molecule is c1ccc(Cc2nc(Cc3ccncc3)nc(Cc3ccncc3)n2)cc1. The van der Waals surface area contributed by atoms with Gasteiger partial charge in [-0.15, -0.1) is 0 Å². The number of hydrogen-bond donors (Lipinski definition) is 0. The Labute approximate surface area is 158 Å². The van der Waals surface area contributed by atoms with Crippen molar-refractivity contribution in [1.29, 1.82) is 0 Å². The average Bonchev–Trinajstić information content (AvgIpc) is 2.70. The molecule has 0 saturated heterocycles. The van der Waals surface area contributed by atoms with E-state index in [1.54, 1.807) is 24.8 Å². The van der Waals surface area contributed by atoms with Gasteiger partial charge in [0.05, 0.1) is 0 Å². The van der Waals surface area contributed by atoms with Crippen molar-refractivity contribution < 1.29 is 0 Å². The van der Waals surface area contributed by atoms with Crippen LogP contribution in [-0.4, -0.2) is 24.9 Å². The molecule has 5 nitrogen and oxygen atoms in total. The molecule has 0 N–H and O–H groups in total. The maximum Gasteiger partial charge on any atom is 0.137 e. The van der Waals surface area contributed by atoms with E-state index in [0.29, 0.717) is 19.3 Å². The van der Waals surface area contributed by atoms with Gasteiger partial charge in [0.15, 0.2) is 0 Å². The second-order valence-electron chi connectivity index (χ2n) is 6.31. The summed E-state index contributed by atoms with van der Waals surface area (Å²) in [5, 5.41) is 0. The number of nitrogens with zero attached hydrogens (tertiary/aromatic N) is 5. The topological polar surface area (TPSA) is 64.5 Å². The molecule has 0 atom stereocenters. The van der Waals surface area contributed by atoms with Crippen molar-refractivity contribution in [2.75, 3.05) is 0 Å². The van der Waals surface area contributed by atoms with Crippen molar-refractivity contribution in [3.63, 3.8) is 0 Å². The Bertz CT molecular complexity index is 844. The highest BCUT2D eigenvalue weighted by Gasteiger charge is 2.09. The molecule has 0 spiro atoms. The number of hydrogen-bond acceptors (Lipinski definition) is 5. The second kappa shape index (κ2) is 8.27. The lowest BCUT2D eigenvalue weighted by molar-refractivity contribution is 0.796. The first-order valence-corrected chi connectivity index (χ1v) is 8.89. The zero-order valence-electron chi connectivity index (χ0n) is 14.9. The van der Waals surface area contributed by atoms with E-state index in [4.69, 9.17) is 15.0 Å². The standard InChI is InChI=1S/C22H19N5/c1-2-4-17(5-3-1)14-20-25-21(15-18-6-10-23-11-7-18)27-22(26-20)16-19-8-12-24-13-9-19/h1-13H,14-16H2. The molecule has 0 bridgehead atoms. The van der Waals surface area contributed by atoms with Gasteiger partial charge < -0.3 is 0 Å². The maximum absolute atomic E-state index is 4.71. The molecule has 3 heterocycles. The monoisotopic (exact) mass is 353 g/mol. The van der Waals surface area contributed by atoms with Crippen LogP contribution in [0.2, 0.25) is 0 Å². The second-order valence-corrected chi connectivity index (χ2v) is 6.31. The van der Waals surface area contributed by atoms with E-state index >= 15 is 0 Å². The van der Waals surface area contributed by atoms with E-state index in [-0.39, 0.29) is 0 Å². The van der Waals surface area contributed by atoms with Gasteiger partial charge >= 0.3 is 0 Å². The molecule has 3 aromatic heterocycles. The Hall–Kier alpha value is -3.47. The van der Waals surface area contributed by atoms with Crippen LogP contribution in [0.3, 0.4) is 0 Å². The molecule has 132 valence electrons. The van der Waals surface area contributed by atoms with Gasteiger partial charge in [-0.2, -0.15) is 0 Å². The van der Waals surface area contributed by atoms with Crippen LogP contribution >= 0.6 is 0 Å². The molecule has 0 unspecified atom stereocenters. The lowest BCUT2D eigenvalue weighted by Gasteiger charge is -2.08. The van der Waals surface area contributed by atoms with Gasteiger partial charge in [0.1, 0.15) is 17.5 Å². The molecule has 0 radical (unpaired) electrons. The van der Waals surface area contributed by atoms with E-state index in [9.17, 15) is 0 Å². The summed E-state index contributed by atoms with van der Waals surface area (Å²) in [7, 11) is 0. The average molecular weight is 353 g/mol. The lowest BCUT2D eigenvalue weighted by atomic mass is 10.1. The summed E-state index contributed by atoms with van der Waals surface area (Å²) in [4.78, 5) is 22.3. The van der Waals surface area contributed by atoms with Gasteiger partial charge in [0, 0.05) is 44.0 Å². The summed E-state index contributed by atoms with van der Waals surface area (Å²) in [6.45, 7) is 0. The summed E-state index contributed by atoms with van der Waals surface area (Å²) in [5.41, 5.74) is 3.46. The largest absolute Gasteiger partial charge is 0.265 e. The molecule has 0 amide bonds. The highest BCUT2D eigenvalue weighted by atomic mass is 15.0. The Morgan fingerprint density at radius 1 is 0.444 bits per heavy atom. The van der Waals surface area contributed by atoms with Gasteiger partial charge in [-0.25, -0.2) is 15.0 Å². The third kappa shape index (κ3) is 4.79. The minimum Gasteiger partial charge on any atom is -0.265 e. The molecule has 0 aliphatic carbocycles. The maximum atomic E-state index is 4.71. The number of rotatable bonds is 6. The fourth-order valence-corrected chi connectivity index (χ4v) is 2.90. The summed E-state index contributed by atoms with van der Waals surface area (Å²) in [6.07, 6.45) is 9.18. The van der Waals surface area contributed by atoms with Crippen LogP contribution in [0.1, 0.15) is 34.2 Å². The molecule has 0 fully saturated rings. The summed E-state index contributed by atoms with van der Waals surface area (Å²) < 4.78 is 0. The quantitative estimate of drug-likeness (QED) is 0.531. The lowest BCUT2D eigenvalue weighted by Crippen LogP contribution is -2.09. The van der Waals surface area contributed by atoms with Crippen molar-refractivity contribution in [2.45, 2.75) is 19.3 Å². The first kappa shape index (κ1) is 17.0. The van der Waals surface area contributed by atoms with E-state index in [1.807, 2.05) is 42.5 Å². The fraction of sp³-hybridized carbons (Fsp3) is 0.136. The van der Waals surface area contributed by atoms with Gasteiger partial charge in [-0.05, 0) is 41.0 Å². The van der Waals surface area contributed by atoms with Crippen molar-refractivity contribution in [3.8, 4) is 0 Å². The Kier molecular flexibility index (Phi) is 5.20. The summed E-state index contributed by atoms with van der Waals surface area (Å²) in [6, 6.07) is 18.2. The van der Waals surface area contributed by atoms with Crippen LogP contribution in [0.4, 0.5) is 0 Å². The van der Waals surface area contributed by atoms with Gasteiger partial charge in [-0.1, -0.05) is 30.3 Å². The normalized spacial score (nSPS) is 10.7. The van der Waals surface area contributed by atoms with Crippen molar-refractivity contribution in [2.24, 2.45) is 0 Å². The summed E-state index contributed by atoms with van der Waals surface area (Å²) in [5.74, 6) is 2.36. The van der Waals surface area contributed by atoms with E-state index in [0.717, 1.165) is 28.6 Å². The number of pyridine rings is 2. The molecule has 1 aromatic carbocycles. The van der Waals surface area contributed by atoms with Gasteiger partial charge in [0.25, 0.3) is 0 Å². The molecule has 4 rings (SSSR count). The van der Waals surface area contributed by atoms with Crippen LogP contribution in [0.15, 0.2) is 79.4 Å². The Balaban J connectivity index is 1.64. The Morgan fingerprint density at radius 2 is 0.815 bits per heavy atom. The zero-order chi connectivity index (χ0) is 18.3. The minimum absolute atomic E-state index is 0.663. The van der Waals surface area contributed by atoms with Gasteiger partial charge in [-0.3, -0.25) is 9.97 Å². The molecule has 5 heteroatoms. The molecule has 4 aromatic rings. The Morgan fingerprint density at radius 3 is 1.22 bits per heavy atom. The van der Waals surface area contributed by atoms with Crippen molar-refractivity contribution in [1.82, 2.24) is 24.9 Å². The molecular formula is C22H19N5. The number of aromatic nitrogens is 5. The summed E-state index contributed by atoms with van der Waals surface area (Å²) >= 11 is 0. The smallest absolute Gasteiger partial charge is 0.137 e. The first-order chi connectivity index (χ1) is 13.3. The highest BCUT2D eigenvalue weighted by molar-refractivity contribution is 5.22. The first-order valence-electron chi connectivity index (χ1n) is 8.89.